The highest BCUT2D eigenvalue weighted by molar-refractivity contribution is 7.09. The van der Waals surface area contributed by atoms with Gasteiger partial charge in [-0.2, -0.15) is 4.37 Å². The molecule has 0 bridgehead atoms. The van der Waals surface area contributed by atoms with Crippen LogP contribution in [0, 0.1) is 5.82 Å². The molecule has 0 N–H and O–H groups in total. The molecule has 0 radical (unpaired) electrons. The lowest BCUT2D eigenvalue weighted by atomic mass is 10.2. The lowest BCUT2D eigenvalue weighted by Crippen LogP contribution is -2.17. The maximum atomic E-state index is 13.5. The number of hydrogen-bond donors (Lipinski definition) is 0. The number of benzene rings is 1. The first-order chi connectivity index (χ1) is 8.70. The van der Waals surface area contributed by atoms with E-state index in [4.69, 9.17) is 4.74 Å². The Hall–Kier alpha value is -1.53. The van der Waals surface area contributed by atoms with Crippen LogP contribution in [0.3, 0.4) is 0 Å². The number of halogens is 1. The summed E-state index contributed by atoms with van der Waals surface area (Å²) >= 11 is 1.29. The third kappa shape index (κ3) is 3.02. The van der Waals surface area contributed by atoms with Gasteiger partial charge in [-0.25, -0.2) is 9.37 Å². The summed E-state index contributed by atoms with van der Waals surface area (Å²) in [5.74, 6) is 0.448. The first-order valence-electron chi connectivity index (χ1n) is 5.46. The van der Waals surface area contributed by atoms with Crippen molar-refractivity contribution >= 4 is 16.7 Å². The van der Waals surface area contributed by atoms with Crippen molar-refractivity contribution in [1.82, 2.24) is 9.36 Å². The number of anilines is 1. The van der Waals surface area contributed by atoms with Gasteiger partial charge in [-0.1, -0.05) is 18.2 Å². The van der Waals surface area contributed by atoms with Gasteiger partial charge < -0.3 is 9.64 Å². The van der Waals surface area contributed by atoms with Gasteiger partial charge in [0.15, 0.2) is 5.82 Å². The summed E-state index contributed by atoms with van der Waals surface area (Å²) in [6.45, 7) is 0.859. The number of hydrogen-bond acceptors (Lipinski definition) is 5. The standard InChI is InChI=1S/C12H14FN3OS/c1-16(7-9-5-3-4-6-10(9)13)12-14-11(8-17-2)15-18-12/h3-6H,7-8H2,1-2H3. The second-order valence-electron chi connectivity index (χ2n) is 3.87. The summed E-state index contributed by atoms with van der Waals surface area (Å²) in [5, 5.41) is 0.755. The number of methoxy groups -OCH3 is 1. The molecule has 2 aromatic rings. The minimum atomic E-state index is -0.203. The Kier molecular flexibility index (Phi) is 4.22. The number of aromatic nitrogens is 2. The summed E-state index contributed by atoms with van der Waals surface area (Å²) in [4.78, 5) is 6.18. The largest absolute Gasteiger partial charge is 0.377 e. The monoisotopic (exact) mass is 267 g/mol. The fourth-order valence-electron chi connectivity index (χ4n) is 1.54. The number of nitrogens with zero attached hydrogens (tertiary/aromatic N) is 3. The highest BCUT2D eigenvalue weighted by Crippen LogP contribution is 2.19. The predicted octanol–water partition coefficient (Wildman–Crippen LogP) is 2.46. The first kappa shape index (κ1) is 12.9. The van der Waals surface area contributed by atoms with Gasteiger partial charge >= 0.3 is 0 Å². The van der Waals surface area contributed by atoms with E-state index >= 15 is 0 Å². The van der Waals surface area contributed by atoms with Gasteiger partial charge in [0.25, 0.3) is 0 Å². The third-order valence-electron chi connectivity index (χ3n) is 2.42. The topological polar surface area (TPSA) is 38.2 Å². The molecule has 0 aliphatic rings. The molecule has 96 valence electrons. The second-order valence-corrected chi connectivity index (χ2v) is 4.60. The van der Waals surface area contributed by atoms with Crippen LogP contribution in [0.25, 0.3) is 0 Å². The van der Waals surface area contributed by atoms with Gasteiger partial charge in [-0.05, 0) is 6.07 Å². The Balaban J connectivity index is 2.07. The van der Waals surface area contributed by atoms with Crippen LogP contribution in [0.15, 0.2) is 24.3 Å². The van der Waals surface area contributed by atoms with Crippen molar-refractivity contribution in [2.45, 2.75) is 13.2 Å². The normalized spacial score (nSPS) is 10.6. The van der Waals surface area contributed by atoms with Crippen LogP contribution in [0.1, 0.15) is 11.4 Å². The van der Waals surface area contributed by atoms with Crippen molar-refractivity contribution in [3.63, 3.8) is 0 Å². The van der Waals surface area contributed by atoms with Crippen molar-refractivity contribution in [1.29, 1.82) is 0 Å². The van der Waals surface area contributed by atoms with Gasteiger partial charge in [-0.15, -0.1) is 0 Å². The van der Waals surface area contributed by atoms with E-state index in [9.17, 15) is 4.39 Å². The zero-order chi connectivity index (χ0) is 13.0. The molecule has 0 aliphatic carbocycles. The lowest BCUT2D eigenvalue weighted by Gasteiger charge is -2.15. The van der Waals surface area contributed by atoms with Crippen molar-refractivity contribution < 1.29 is 9.13 Å². The van der Waals surface area contributed by atoms with Crippen molar-refractivity contribution in [3.8, 4) is 0 Å². The molecular formula is C12H14FN3OS. The second kappa shape index (κ2) is 5.88. The fourth-order valence-corrected chi connectivity index (χ4v) is 2.17. The van der Waals surface area contributed by atoms with E-state index in [1.54, 1.807) is 19.2 Å². The first-order valence-corrected chi connectivity index (χ1v) is 6.24. The Morgan fingerprint density at radius 2 is 2.17 bits per heavy atom. The Bertz CT molecular complexity index is 518. The molecule has 6 heteroatoms. The molecule has 0 spiro atoms. The van der Waals surface area contributed by atoms with Crippen LogP contribution in [0.4, 0.5) is 9.52 Å². The van der Waals surface area contributed by atoms with E-state index < -0.39 is 0 Å². The van der Waals surface area contributed by atoms with Gasteiger partial charge in [0, 0.05) is 37.8 Å². The number of ether oxygens (including phenoxy) is 1. The molecule has 0 fully saturated rings. The summed E-state index contributed by atoms with van der Waals surface area (Å²) in [5.41, 5.74) is 0.642. The fraction of sp³-hybridized carbons (Fsp3) is 0.333. The van der Waals surface area contributed by atoms with Gasteiger partial charge in [0.2, 0.25) is 5.13 Å². The van der Waals surface area contributed by atoms with Crippen molar-refractivity contribution in [3.05, 3.63) is 41.5 Å². The van der Waals surface area contributed by atoms with E-state index in [2.05, 4.69) is 9.36 Å². The molecular weight excluding hydrogens is 253 g/mol. The van der Waals surface area contributed by atoms with Gasteiger partial charge in [0.05, 0.1) is 0 Å². The SMILES string of the molecule is COCc1nsc(N(C)Cc2ccccc2F)n1. The maximum absolute atomic E-state index is 13.5. The summed E-state index contributed by atoms with van der Waals surface area (Å²) in [6.07, 6.45) is 0. The van der Waals surface area contributed by atoms with Crippen LogP contribution in [-0.2, 0) is 17.9 Å². The molecule has 18 heavy (non-hydrogen) atoms. The van der Waals surface area contributed by atoms with Crippen LogP contribution >= 0.6 is 11.5 Å². The zero-order valence-corrected chi connectivity index (χ0v) is 11.1. The molecule has 0 unspecified atom stereocenters. The highest BCUT2D eigenvalue weighted by Gasteiger charge is 2.10. The molecule has 2 rings (SSSR count). The molecule has 1 aromatic heterocycles. The minimum Gasteiger partial charge on any atom is -0.377 e. The molecule has 0 saturated carbocycles. The Morgan fingerprint density at radius 3 is 2.89 bits per heavy atom. The average molecular weight is 267 g/mol. The van der Waals surface area contributed by atoms with E-state index in [-0.39, 0.29) is 5.82 Å². The van der Waals surface area contributed by atoms with Crippen molar-refractivity contribution in [2.24, 2.45) is 0 Å². The van der Waals surface area contributed by atoms with E-state index in [1.807, 2.05) is 18.0 Å². The number of rotatable bonds is 5. The van der Waals surface area contributed by atoms with Crippen LogP contribution in [0.2, 0.25) is 0 Å². The van der Waals surface area contributed by atoms with E-state index in [0.29, 0.717) is 24.5 Å². The molecule has 0 atom stereocenters. The highest BCUT2D eigenvalue weighted by atomic mass is 32.1. The van der Waals surface area contributed by atoms with Crippen LogP contribution < -0.4 is 4.90 Å². The smallest absolute Gasteiger partial charge is 0.205 e. The lowest BCUT2D eigenvalue weighted by molar-refractivity contribution is 0.179. The summed E-state index contributed by atoms with van der Waals surface area (Å²) in [7, 11) is 3.47. The van der Waals surface area contributed by atoms with Crippen molar-refractivity contribution in [2.75, 3.05) is 19.1 Å². The van der Waals surface area contributed by atoms with E-state index in [0.717, 1.165) is 5.13 Å². The zero-order valence-electron chi connectivity index (χ0n) is 10.3. The molecule has 1 heterocycles. The minimum absolute atomic E-state index is 0.203. The third-order valence-corrected chi connectivity index (χ3v) is 3.29. The van der Waals surface area contributed by atoms with Crippen LogP contribution in [-0.4, -0.2) is 23.5 Å². The molecule has 0 amide bonds. The molecule has 0 aliphatic heterocycles. The van der Waals surface area contributed by atoms with Gasteiger partial charge in [-0.3, -0.25) is 0 Å². The summed E-state index contributed by atoms with van der Waals surface area (Å²) in [6, 6.07) is 6.73. The van der Waals surface area contributed by atoms with Crippen LogP contribution in [0.5, 0.6) is 0 Å². The molecule has 0 saturated heterocycles. The maximum Gasteiger partial charge on any atom is 0.205 e. The molecule has 4 nitrogen and oxygen atoms in total. The summed E-state index contributed by atoms with van der Waals surface area (Å²) < 4.78 is 22.6. The Labute approximate surface area is 109 Å². The molecule has 1 aromatic carbocycles. The predicted molar refractivity (Wildman–Crippen MR) is 69.1 cm³/mol. The average Bonchev–Trinajstić information content (AvgIpc) is 2.81. The Morgan fingerprint density at radius 1 is 1.39 bits per heavy atom. The van der Waals surface area contributed by atoms with E-state index in [1.165, 1.54) is 17.6 Å². The van der Waals surface area contributed by atoms with Gasteiger partial charge in [0.1, 0.15) is 12.4 Å². The quantitative estimate of drug-likeness (QED) is 0.834.